The highest BCUT2D eigenvalue weighted by Gasteiger charge is 2.09. The van der Waals surface area contributed by atoms with Crippen molar-refractivity contribution in [1.82, 2.24) is 14.9 Å². The first kappa shape index (κ1) is 20.8. The van der Waals surface area contributed by atoms with E-state index in [1.54, 1.807) is 12.1 Å². The van der Waals surface area contributed by atoms with E-state index >= 15 is 0 Å². The van der Waals surface area contributed by atoms with E-state index in [0.717, 1.165) is 21.3 Å². The van der Waals surface area contributed by atoms with Gasteiger partial charge in [0.2, 0.25) is 5.91 Å². The monoisotopic (exact) mass is 477 g/mol. The van der Waals surface area contributed by atoms with Gasteiger partial charge in [-0.2, -0.15) is 0 Å². The number of benzene rings is 3. The Labute approximate surface area is 187 Å². The number of hydrogen-bond donors (Lipinski definition) is 1. The van der Waals surface area contributed by atoms with Crippen molar-refractivity contribution in [2.24, 2.45) is 0 Å². The van der Waals surface area contributed by atoms with Gasteiger partial charge in [0.1, 0.15) is 18.9 Å². The number of halogens is 1. The van der Waals surface area contributed by atoms with Crippen molar-refractivity contribution in [2.45, 2.75) is 6.54 Å². The predicted octanol–water partition coefficient (Wildman–Crippen LogP) is 4.02. The first-order valence-corrected chi connectivity index (χ1v) is 10.6. The molecule has 0 aliphatic rings. The number of hydrogen-bond acceptors (Lipinski definition) is 4. The SMILES string of the molecule is O=C(Cn1cnc2ccc(Br)cc2c1=O)NCCOc1ccccc1-c1ccccc1. The summed E-state index contributed by atoms with van der Waals surface area (Å²) < 4.78 is 7.97. The summed E-state index contributed by atoms with van der Waals surface area (Å²) in [4.78, 5) is 29.2. The van der Waals surface area contributed by atoms with E-state index in [4.69, 9.17) is 4.74 Å². The minimum Gasteiger partial charge on any atom is -0.491 e. The molecule has 1 N–H and O–H groups in total. The Hall–Kier alpha value is -3.45. The molecule has 0 radical (unpaired) electrons. The Kier molecular flexibility index (Phi) is 6.43. The number of nitrogens with one attached hydrogen (secondary N) is 1. The standard InChI is InChI=1S/C24H20BrN3O3/c25-18-10-11-21-20(14-18)24(30)28(16-27-21)15-23(29)26-12-13-31-22-9-5-4-8-19(22)17-6-2-1-3-7-17/h1-11,14,16H,12-13,15H2,(H,26,29). The fourth-order valence-electron chi connectivity index (χ4n) is 3.25. The smallest absolute Gasteiger partial charge is 0.261 e. The zero-order valence-corrected chi connectivity index (χ0v) is 18.2. The van der Waals surface area contributed by atoms with Gasteiger partial charge >= 0.3 is 0 Å². The van der Waals surface area contributed by atoms with Crippen LogP contribution in [0.2, 0.25) is 0 Å². The molecule has 6 nitrogen and oxygen atoms in total. The quantitative estimate of drug-likeness (QED) is 0.408. The van der Waals surface area contributed by atoms with Crippen LogP contribution in [-0.2, 0) is 11.3 Å². The second kappa shape index (κ2) is 9.57. The maximum Gasteiger partial charge on any atom is 0.261 e. The summed E-state index contributed by atoms with van der Waals surface area (Å²) in [5.41, 5.74) is 2.40. The first-order chi connectivity index (χ1) is 15.1. The minimum absolute atomic E-state index is 0.102. The van der Waals surface area contributed by atoms with Crippen LogP contribution >= 0.6 is 15.9 Å². The van der Waals surface area contributed by atoms with Crippen LogP contribution in [0, 0.1) is 0 Å². The predicted molar refractivity (Wildman–Crippen MR) is 124 cm³/mol. The molecule has 156 valence electrons. The molecule has 0 saturated carbocycles. The molecule has 7 heteroatoms. The molecule has 0 aliphatic carbocycles. The lowest BCUT2D eigenvalue weighted by Gasteiger charge is -2.12. The summed E-state index contributed by atoms with van der Waals surface area (Å²) in [6.07, 6.45) is 1.39. The molecule has 0 spiro atoms. The highest BCUT2D eigenvalue weighted by atomic mass is 79.9. The van der Waals surface area contributed by atoms with Crippen molar-refractivity contribution in [3.63, 3.8) is 0 Å². The maximum absolute atomic E-state index is 12.6. The highest BCUT2D eigenvalue weighted by Crippen LogP contribution is 2.29. The van der Waals surface area contributed by atoms with Gasteiger partial charge in [-0.25, -0.2) is 4.98 Å². The number of carbonyl (C=O) groups excluding carboxylic acids is 1. The summed E-state index contributed by atoms with van der Waals surface area (Å²) in [6, 6.07) is 23.1. The van der Waals surface area contributed by atoms with E-state index in [-0.39, 0.29) is 18.0 Å². The molecule has 4 aromatic rings. The average molecular weight is 478 g/mol. The summed E-state index contributed by atoms with van der Waals surface area (Å²) >= 11 is 3.35. The fourth-order valence-corrected chi connectivity index (χ4v) is 3.62. The topological polar surface area (TPSA) is 73.2 Å². The molecule has 4 rings (SSSR count). The number of ether oxygens (including phenoxy) is 1. The summed E-state index contributed by atoms with van der Waals surface area (Å²) in [7, 11) is 0. The van der Waals surface area contributed by atoms with Crippen molar-refractivity contribution in [3.05, 3.63) is 94.0 Å². The van der Waals surface area contributed by atoms with Crippen LogP contribution in [0.15, 0.2) is 88.4 Å². The number of amides is 1. The fraction of sp³-hybridized carbons (Fsp3) is 0.125. The van der Waals surface area contributed by atoms with Gasteiger partial charge in [-0.1, -0.05) is 64.5 Å². The first-order valence-electron chi connectivity index (χ1n) is 9.80. The van der Waals surface area contributed by atoms with E-state index in [9.17, 15) is 9.59 Å². The maximum atomic E-state index is 12.6. The third-order valence-corrected chi connectivity index (χ3v) is 5.25. The second-order valence-corrected chi connectivity index (χ2v) is 7.82. The third-order valence-electron chi connectivity index (χ3n) is 4.75. The Morgan fingerprint density at radius 1 is 1.03 bits per heavy atom. The molecule has 0 saturated heterocycles. The number of fused-ring (bicyclic) bond motifs is 1. The molecule has 1 aromatic heterocycles. The molecule has 0 atom stereocenters. The highest BCUT2D eigenvalue weighted by molar-refractivity contribution is 9.10. The molecule has 1 amide bonds. The number of carbonyl (C=O) groups is 1. The Morgan fingerprint density at radius 3 is 2.65 bits per heavy atom. The molecule has 0 bridgehead atoms. The van der Waals surface area contributed by atoms with Gasteiger partial charge in [-0.3, -0.25) is 14.2 Å². The normalized spacial score (nSPS) is 10.7. The lowest BCUT2D eigenvalue weighted by Crippen LogP contribution is -2.34. The lowest BCUT2D eigenvalue weighted by molar-refractivity contribution is -0.121. The van der Waals surface area contributed by atoms with Crippen LogP contribution in [0.25, 0.3) is 22.0 Å². The Bertz CT molecular complexity index is 1270. The van der Waals surface area contributed by atoms with E-state index < -0.39 is 0 Å². The van der Waals surface area contributed by atoms with Crippen LogP contribution < -0.4 is 15.6 Å². The second-order valence-electron chi connectivity index (χ2n) is 6.90. The zero-order valence-electron chi connectivity index (χ0n) is 16.6. The van der Waals surface area contributed by atoms with Gasteiger partial charge in [0.05, 0.1) is 23.8 Å². The Balaban J connectivity index is 1.34. The van der Waals surface area contributed by atoms with Gasteiger partial charge in [0.25, 0.3) is 5.56 Å². The van der Waals surface area contributed by atoms with Crippen molar-refractivity contribution in [3.8, 4) is 16.9 Å². The molecule has 3 aromatic carbocycles. The molecule has 1 heterocycles. The number of nitrogens with zero attached hydrogens (tertiary/aromatic N) is 2. The van der Waals surface area contributed by atoms with E-state index in [1.165, 1.54) is 10.9 Å². The summed E-state index contributed by atoms with van der Waals surface area (Å²) in [6.45, 7) is 0.533. The molecular formula is C24H20BrN3O3. The minimum atomic E-state index is -0.279. The van der Waals surface area contributed by atoms with Crippen molar-refractivity contribution >= 4 is 32.7 Å². The van der Waals surface area contributed by atoms with Crippen LogP contribution in [0.3, 0.4) is 0 Å². The molecule has 31 heavy (non-hydrogen) atoms. The van der Waals surface area contributed by atoms with Crippen LogP contribution in [0.1, 0.15) is 0 Å². The van der Waals surface area contributed by atoms with E-state index in [2.05, 4.69) is 26.2 Å². The van der Waals surface area contributed by atoms with Gasteiger partial charge < -0.3 is 10.1 Å². The van der Waals surface area contributed by atoms with Gasteiger partial charge in [-0.15, -0.1) is 0 Å². The largest absolute Gasteiger partial charge is 0.491 e. The third kappa shape index (κ3) is 5.00. The molecular weight excluding hydrogens is 458 g/mol. The number of aromatic nitrogens is 2. The van der Waals surface area contributed by atoms with E-state index in [1.807, 2.05) is 60.7 Å². The number of rotatable bonds is 7. The van der Waals surface area contributed by atoms with Crippen LogP contribution in [0.4, 0.5) is 0 Å². The van der Waals surface area contributed by atoms with Crippen LogP contribution in [0.5, 0.6) is 5.75 Å². The van der Waals surface area contributed by atoms with Crippen molar-refractivity contribution in [2.75, 3.05) is 13.2 Å². The van der Waals surface area contributed by atoms with Gasteiger partial charge in [0, 0.05) is 10.0 Å². The van der Waals surface area contributed by atoms with Crippen molar-refractivity contribution in [1.29, 1.82) is 0 Å². The zero-order chi connectivity index (χ0) is 21.6. The van der Waals surface area contributed by atoms with Crippen molar-refractivity contribution < 1.29 is 9.53 Å². The number of para-hydroxylation sites is 1. The van der Waals surface area contributed by atoms with E-state index in [0.29, 0.717) is 24.1 Å². The van der Waals surface area contributed by atoms with Crippen LogP contribution in [-0.4, -0.2) is 28.6 Å². The Morgan fingerprint density at radius 2 is 1.81 bits per heavy atom. The van der Waals surface area contributed by atoms with Gasteiger partial charge in [-0.05, 0) is 29.8 Å². The summed E-state index contributed by atoms with van der Waals surface area (Å²) in [5, 5.41) is 3.25. The lowest BCUT2D eigenvalue weighted by atomic mass is 10.1. The molecule has 0 aliphatic heterocycles. The average Bonchev–Trinajstić information content (AvgIpc) is 2.80. The van der Waals surface area contributed by atoms with Gasteiger partial charge in [0.15, 0.2) is 0 Å². The molecule has 0 fully saturated rings. The summed E-state index contributed by atoms with van der Waals surface area (Å²) in [5.74, 6) is 0.474. The molecule has 0 unspecified atom stereocenters.